The molecule has 0 radical (unpaired) electrons. The zero-order valence-corrected chi connectivity index (χ0v) is 20.3. The van der Waals surface area contributed by atoms with Gasteiger partial charge >= 0.3 is 12.0 Å². The lowest BCUT2D eigenvalue weighted by atomic mass is 9.95. The van der Waals surface area contributed by atoms with Gasteiger partial charge in [0.25, 0.3) is 0 Å². The van der Waals surface area contributed by atoms with Crippen LogP contribution in [0.25, 0.3) is 0 Å². The molecular weight excluding hydrogens is 456 g/mol. The number of carbonyl (C=O) groups excluding carboxylic acids is 2. The molecule has 2 amide bonds. The number of hydrogen-bond acceptors (Lipinski definition) is 6. The van der Waals surface area contributed by atoms with Crippen molar-refractivity contribution in [3.05, 3.63) is 65.4 Å². The topological polar surface area (TPSA) is 101 Å². The van der Waals surface area contributed by atoms with Crippen molar-refractivity contribution in [1.82, 2.24) is 10.2 Å². The van der Waals surface area contributed by atoms with Crippen LogP contribution in [0, 0.1) is 0 Å². The summed E-state index contributed by atoms with van der Waals surface area (Å²) in [6.45, 7) is 2.28. The molecule has 3 rings (SSSR count). The van der Waals surface area contributed by atoms with E-state index < -0.39 is 18.0 Å². The van der Waals surface area contributed by atoms with Gasteiger partial charge in [-0.3, -0.25) is 0 Å². The number of amides is 2. The first-order valence-electron chi connectivity index (χ1n) is 10.6. The molecule has 1 aliphatic heterocycles. The van der Waals surface area contributed by atoms with Crippen LogP contribution in [-0.2, 0) is 14.3 Å². The van der Waals surface area contributed by atoms with E-state index in [1.807, 2.05) is 25.1 Å². The van der Waals surface area contributed by atoms with Crippen molar-refractivity contribution in [3.63, 3.8) is 0 Å². The Kier molecular flexibility index (Phi) is 8.44. The normalized spacial score (nSPS) is 15.5. The minimum atomic E-state index is -0.491. The van der Waals surface area contributed by atoms with E-state index in [1.54, 1.807) is 49.4 Å². The number of anilines is 2. The number of para-hydroxylation sites is 2. The van der Waals surface area contributed by atoms with Crippen LogP contribution >= 0.6 is 12.2 Å². The summed E-state index contributed by atoms with van der Waals surface area (Å²) in [5.74, 6) is 0.115. The second-order valence-electron chi connectivity index (χ2n) is 7.47. The minimum absolute atomic E-state index is 0.150. The molecule has 2 aromatic carbocycles. The summed E-state index contributed by atoms with van der Waals surface area (Å²) in [5.41, 5.74) is 3.09. The van der Waals surface area contributed by atoms with Gasteiger partial charge in [-0.1, -0.05) is 24.3 Å². The first-order chi connectivity index (χ1) is 16.3. The molecule has 1 unspecified atom stereocenters. The fourth-order valence-corrected chi connectivity index (χ4v) is 3.69. The smallest absolute Gasteiger partial charge is 0.338 e. The molecule has 0 aliphatic carbocycles. The number of hydrogen-bond donors (Lipinski definition) is 3. The summed E-state index contributed by atoms with van der Waals surface area (Å²) in [7, 11) is 4.87. The van der Waals surface area contributed by atoms with Crippen molar-refractivity contribution in [3.8, 4) is 5.75 Å². The standard InChI is InChI=1S/C24H28N4O5S/c1-15-20(22(29)33-14-13-31-3)21(27-24(34)28(15)2)16-9-11-17(12-10-16)25-23(30)26-18-7-5-6-8-19(18)32-4/h5-12,21H,13-14H2,1-4H3,(H,27,34)(H2,25,26,30). The summed E-state index contributed by atoms with van der Waals surface area (Å²) < 4.78 is 15.6. The van der Waals surface area contributed by atoms with Gasteiger partial charge in [0.05, 0.1) is 31.0 Å². The average Bonchev–Trinajstić information content (AvgIpc) is 2.83. The highest BCUT2D eigenvalue weighted by molar-refractivity contribution is 7.80. The van der Waals surface area contributed by atoms with E-state index in [1.165, 1.54) is 7.11 Å². The Balaban J connectivity index is 1.75. The molecule has 0 bridgehead atoms. The average molecular weight is 485 g/mol. The maximum absolute atomic E-state index is 12.8. The molecule has 0 saturated carbocycles. The molecule has 1 heterocycles. The zero-order chi connectivity index (χ0) is 24.7. The molecule has 3 N–H and O–H groups in total. The number of benzene rings is 2. The van der Waals surface area contributed by atoms with Crippen molar-refractivity contribution in [2.24, 2.45) is 0 Å². The van der Waals surface area contributed by atoms with Crippen molar-refractivity contribution >= 4 is 40.7 Å². The van der Waals surface area contributed by atoms with Gasteiger partial charge in [0, 0.05) is 25.5 Å². The van der Waals surface area contributed by atoms with Crippen LogP contribution in [0.4, 0.5) is 16.2 Å². The number of rotatable bonds is 8. The predicted octanol–water partition coefficient (Wildman–Crippen LogP) is 3.66. The number of nitrogens with zero attached hydrogens (tertiary/aromatic N) is 1. The van der Waals surface area contributed by atoms with Gasteiger partial charge in [-0.25, -0.2) is 9.59 Å². The van der Waals surface area contributed by atoms with E-state index in [2.05, 4.69) is 16.0 Å². The van der Waals surface area contributed by atoms with Gasteiger partial charge in [0.15, 0.2) is 5.11 Å². The summed E-state index contributed by atoms with van der Waals surface area (Å²) in [5, 5.41) is 9.24. The SMILES string of the molecule is COCCOC(=O)C1=C(C)N(C)C(=S)NC1c1ccc(NC(=O)Nc2ccccc2OC)cc1. The molecule has 34 heavy (non-hydrogen) atoms. The highest BCUT2D eigenvalue weighted by Crippen LogP contribution is 2.31. The van der Waals surface area contributed by atoms with Crippen LogP contribution in [0.3, 0.4) is 0 Å². The Hall–Kier alpha value is -3.63. The van der Waals surface area contributed by atoms with Crippen LogP contribution < -0.4 is 20.7 Å². The van der Waals surface area contributed by atoms with Gasteiger partial charge in [0.1, 0.15) is 12.4 Å². The molecule has 1 aliphatic rings. The van der Waals surface area contributed by atoms with Crippen LogP contribution in [-0.4, -0.2) is 56.5 Å². The second-order valence-corrected chi connectivity index (χ2v) is 7.86. The van der Waals surface area contributed by atoms with E-state index in [0.717, 1.165) is 5.56 Å². The lowest BCUT2D eigenvalue weighted by Crippen LogP contribution is -2.46. The number of nitrogens with one attached hydrogen (secondary N) is 3. The zero-order valence-electron chi connectivity index (χ0n) is 19.5. The highest BCUT2D eigenvalue weighted by atomic mass is 32.1. The molecule has 0 fully saturated rings. The number of allylic oxidation sites excluding steroid dienone is 1. The number of thiocarbonyl (C=S) groups is 1. The van der Waals surface area contributed by atoms with E-state index in [-0.39, 0.29) is 6.61 Å². The van der Waals surface area contributed by atoms with Crippen molar-refractivity contribution in [2.45, 2.75) is 13.0 Å². The van der Waals surface area contributed by atoms with E-state index in [0.29, 0.717) is 40.1 Å². The number of urea groups is 1. The van der Waals surface area contributed by atoms with Gasteiger partial charge in [-0.05, 0) is 49.0 Å². The fraction of sp³-hybridized carbons (Fsp3) is 0.292. The number of ether oxygens (including phenoxy) is 3. The van der Waals surface area contributed by atoms with E-state index in [9.17, 15) is 9.59 Å². The molecule has 0 spiro atoms. The summed E-state index contributed by atoms with van der Waals surface area (Å²) in [6, 6.07) is 13.4. The quantitative estimate of drug-likeness (QED) is 0.297. The minimum Gasteiger partial charge on any atom is -0.495 e. The third kappa shape index (κ3) is 5.83. The molecule has 1 atom stereocenters. The molecule has 0 saturated heterocycles. The first kappa shape index (κ1) is 25.0. The van der Waals surface area contributed by atoms with E-state index >= 15 is 0 Å². The van der Waals surface area contributed by atoms with Gasteiger partial charge in [0.2, 0.25) is 0 Å². The third-order valence-corrected chi connectivity index (χ3v) is 5.74. The lowest BCUT2D eigenvalue weighted by molar-refractivity contribution is -0.140. The van der Waals surface area contributed by atoms with Crippen LogP contribution in [0.5, 0.6) is 5.75 Å². The van der Waals surface area contributed by atoms with Crippen LogP contribution in [0.2, 0.25) is 0 Å². The predicted molar refractivity (Wildman–Crippen MR) is 134 cm³/mol. The number of carbonyl (C=O) groups is 2. The Bertz CT molecular complexity index is 1090. The van der Waals surface area contributed by atoms with Crippen LogP contribution in [0.1, 0.15) is 18.5 Å². The maximum atomic E-state index is 12.8. The molecule has 180 valence electrons. The number of methoxy groups -OCH3 is 2. The summed E-state index contributed by atoms with van der Waals surface area (Å²) in [6.07, 6.45) is 0. The molecule has 10 heteroatoms. The Morgan fingerprint density at radius 2 is 1.76 bits per heavy atom. The largest absolute Gasteiger partial charge is 0.495 e. The van der Waals surface area contributed by atoms with Crippen molar-refractivity contribution < 1.29 is 23.8 Å². The Morgan fingerprint density at radius 3 is 2.44 bits per heavy atom. The van der Waals surface area contributed by atoms with Crippen molar-refractivity contribution in [1.29, 1.82) is 0 Å². The Labute approximate surface area is 204 Å². The van der Waals surface area contributed by atoms with E-state index in [4.69, 9.17) is 26.4 Å². The maximum Gasteiger partial charge on any atom is 0.338 e. The van der Waals surface area contributed by atoms with Gasteiger partial charge in [-0.15, -0.1) is 0 Å². The monoisotopic (exact) mass is 484 g/mol. The highest BCUT2D eigenvalue weighted by Gasteiger charge is 2.33. The molecular formula is C24H28N4O5S. The lowest BCUT2D eigenvalue weighted by Gasteiger charge is -2.35. The first-order valence-corrected chi connectivity index (χ1v) is 11.0. The Morgan fingerprint density at radius 1 is 1.06 bits per heavy atom. The van der Waals surface area contributed by atoms with Gasteiger partial charge < -0.3 is 35.1 Å². The van der Waals surface area contributed by atoms with Crippen LogP contribution in [0.15, 0.2) is 59.8 Å². The molecule has 9 nitrogen and oxygen atoms in total. The second kappa shape index (κ2) is 11.5. The number of esters is 1. The molecule has 0 aromatic heterocycles. The fourth-order valence-electron chi connectivity index (χ4n) is 3.44. The summed E-state index contributed by atoms with van der Waals surface area (Å²) >= 11 is 5.43. The third-order valence-electron chi connectivity index (χ3n) is 5.35. The van der Waals surface area contributed by atoms with Gasteiger partial charge in [-0.2, -0.15) is 0 Å². The van der Waals surface area contributed by atoms with Crippen molar-refractivity contribution in [2.75, 3.05) is 45.1 Å². The molecule has 2 aromatic rings. The summed E-state index contributed by atoms with van der Waals surface area (Å²) in [4.78, 5) is 27.0.